The van der Waals surface area contributed by atoms with Gasteiger partial charge in [0.15, 0.2) is 0 Å². The molecule has 3 rings (SSSR count). The van der Waals surface area contributed by atoms with E-state index in [1.807, 2.05) is 0 Å². The van der Waals surface area contributed by atoms with Crippen LogP contribution in [-0.4, -0.2) is 9.97 Å². The maximum atomic E-state index is 13.1. The number of nitrogens with zero attached hydrogens (tertiary/aromatic N) is 1. The molecule has 0 unspecified atom stereocenters. The van der Waals surface area contributed by atoms with Crippen LogP contribution in [0.1, 0.15) is 0 Å². The van der Waals surface area contributed by atoms with E-state index in [4.69, 9.17) is 23.2 Å². The van der Waals surface area contributed by atoms with Crippen molar-refractivity contribution >= 4 is 56.8 Å². The van der Waals surface area contributed by atoms with Crippen molar-refractivity contribution < 1.29 is 4.39 Å². The summed E-state index contributed by atoms with van der Waals surface area (Å²) in [6.45, 7) is 0. The lowest BCUT2D eigenvalue weighted by Gasteiger charge is -2.00. The Labute approximate surface area is 132 Å². The molecule has 0 aliphatic heterocycles. The minimum atomic E-state index is -0.268. The van der Waals surface area contributed by atoms with Crippen molar-refractivity contribution in [1.29, 1.82) is 0 Å². The molecule has 0 fully saturated rings. The number of rotatable bonds is 1. The standard InChI is InChI=1S/C13H6Cl2FIN2/c14-8-4-11-12(5-9(8)15)19-13(18-11)7-2-1-6(16)3-10(7)17/h1-5H,(H,18,19). The molecule has 1 heterocycles. The highest BCUT2D eigenvalue weighted by Crippen LogP contribution is 2.30. The number of fused-ring (bicyclic) bond motifs is 1. The molecule has 19 heavy (non-hydrogen) atoms. The number of H-pyrrole nitrogens is 1. The van der Waals surface area contributed by atoms with Crippen LogP contribution in [0, 0.1) is 9.39 Å². The van der Waals surface area contributed by atoms with Crippen molar-refractivity contribution in [2.24, 2.45) is 0 Å². The first kappa shape index (κ1) is 13.1. The fourth-order valence-electron chi connectivity index (χ4n) is 1.81. The van der Waals surface area contributed by atoms with E-state index in [9.17, 15) is 4.39 Å². The topological polar surface area (TPSA) is 28.7 Å². The molecule has 0 bridgehead atoms. The minimum absolute atomic E-state index is 0.268. The van der Waals surface area contributed by atoms with Crippen LogP contribution in [0.5, 0.6) is 0 Å². The third kappa shape index (κ3) is 2.44. The number of aromatic amines is 1. The number of hydrogen-bond acceptors (Lipinski definition) is 1. The molecule has 0 aliphatic carbocycles. The molecule has 1 N–H and O–H groups in total. The number of nitrogens with one attached hydrogen (secondary N) is 1. The van der Waals surface area contributed by atoms with Crippen molar-refractivity contribution in [2.75, 3.05) is 0 Å². The molecule has 0 amide bonds. The van der Waals surface area contributed by atoms with Gasteiger partial charge in [0.25, 0.3) is 0 Å². The van der Waals surface area contributed by atoms with Crippen LogP contribution in [0.2, 0.25) is 10.0 Å². The lowest BCUT2D eigenvalue weighted by atomic mass is 10.2. The number of hydrogen-bond donors (Lipinski definition) is 1. The van der Waals surface area contributed by atoms with Gasteiger partial charge >= 0.3 is 0 Å². The Morgan fingerprint density at radius 3 is 2.58 bits per heavy atom. The lowest BCUT2D eigenvalue weighted by Crippen LogP contribution is -1.86. The molecule has 0 radical (unpaired) electrons. The van der Waals surface area contributed by atoms with E-state index in [1.54, 1.807) is 18.2 Å². The molecule has 0 saturated carbocycles. The molecule has 0 atom stereocenters. The number of imidazole rings is 1. The first-order valence-corrected chi connectivity index (χ1v) is 7.18. The zero-order chi connectivity index (χ0) is 13.6. The molecule has 0 saturated heterocycles. The number of halogens is 4. The molecule has 1 aromatic heterocycles. The Morgan fingerprint density at radius 1 is 1.11 bits per heavy atom. The first-order valence-electron chi connectivity index (χ1n) is 5.35. The highest BCUT2D eigenvalue weighted by atomic mass is 127. The van der Waals surface area contributed by atoms with Crippen LogP contribution in [0.15, 0.2) is 30.3 Å². The summed E-state index contributed by atoms with van der Waals surface area (Å²) >= 11 is 14.0. The molecule has 0 aliphatic rings. The first-order chi connectivity index (χ1) is 9.04. The molecule has 2 aromatic carbocycles. The molecular weight excluding hydrogens is 401 g/mol. The van der Waals surface area contributed by atoms with Crippen LogP contribution in [0.3, 0.4) is 0 Å². The summed E-state index contributed by atoms with van der Waals surface area (Å²) in [5.74, 6) is 0.396. The Morgan fingerprint density at radius 2 is 1.84 bits per heavy atom. The van der Waals surface area contributed by atoms with Gasteiger partial charge in [-0.3, -0.25) is 0 Å². The highest BCUT2D eigenvalue weighted by molar-refractivity contribution is 14.1. The largest absolute Gasteiger partial charge is 0.338 e. The van der Waals surface area contributed by atoms with Crippen LogP contribution in [0.4, 0.5) is 4.39 Å². The third-order valence-electron chi connectivity index (χ3n) is 2.71. The van der Waals surface area contributed by atoms with Gasteiger partial charge in [0.1, 0.15) is 11.6 Å². The summed E-state index contributed by atoms with van der Waals surface area (Å²) in [5, 5.41) is 0.930. The molecular formula is C13H6Cl2FIN2. The Bertz CT molecular complexity index is 747. The van der Waals surface area contributed by atoms with Gasteiger partial charge in [0.05, 0.1) is 21.1 Å². The smallest absolute Gasteiger partial charge is 0.139 e. The van der Waals surface area contributed by atoms with Gasteiger partial charge in [0.2, 0.25) is 0 Å². The van der Waals surface area contributed by atoms with Crippen molar-refractivity contribution in [3.8, 4) is 11.4 Å². The molecule has 0 spiro atoms. The lowest BCUT2D eigenvalue weighted by molar-refractivity contribution is 0.627. The van der Waals surface area contributed by atoms with Gasteiger partial charge in [-0.25, -0.2) is 9.37 Å². The molecule has 96 valence electrons. The van der Waals surface area contributed by atoms with Gasteiger partial charge in [-0.1, -0.05) is 23.2 Å². The Balaban J connectivity index is 2.20. The van der Waals surface area contributed by atoms with Crippen molar-refractivity contribution in [3.05, 3.63) is 49.8 Å². The van der Waals surface area contributed by atoms with Gasteiger partial charge < -0.3 is 4.98 Å². The summed E-state index contributed by atoms with van der Waals surface area (Å²) in [4.78, 5) is 7.61. The van der Waals surface area contributed by atoms with Crippen LogP contribution in [-0.2, 0) is 0 Å². The summed E-state index contributed by atoms with van der Waals surface area (Å²) < 4.78 is 13.9. The second-order valence-electron chi connectivity index (χ2n) is 3.99. The molecule has 6 heteroatoms. The number of aromatic nitrogens is 2. The number of benzene rings is 2. The Kier molecular flexibility index (Phi) is 3.41. The maximum Gasteiger partial charge on any atom is 0.139 e. The van der Waals surface area contributed by atoms with Gasteiger partial charge in [-0.05, 0) is 52.9 Å². The van der Waals surface area contributed by atoms with E-state index in [-0.39, 0.29) is 5.82 Å². The second kappa shape index (κ2) is 4.92. The van der Waals surface area contributed by atoms with Crippen molar-refractivity contribution in [2.45, 2.75) is 0 Å². The summed E-state index contributed by atoms with van der Waals surface area (Å²) in [5.41, 5.74) is 2.36. The molecule has 2 nitrogen and oxygen atoms in total. The normalized spacial score (nSPS) is 11.2. The quantitative estimate of drug-likeness (QED) is 0.547. The van der Waals surface area contributed by atoms with Crippen LogP contribution in [0.25, 0.3) is 22.4 Å². The van der Waals surface area contributed by atoms with Crippen molar-refractivity contribution in [1.82, 2.24) is 9.97 Å². The fourth-order valence-corrected chi connectivity index (χ4v) is 2.87. The van der Waals surface area contributed by atoms with Crippen LogP contribution < -0.4 is 0 Å². The van der Waals surface area contributed by atoms with Gasteiger partial charge in [-0.15, -0.1) is 0 Å². The zero-order valence-electron chi connectivity index (χ0n) is 9.35. The zero-order valence-corrected chi connectivity index (χ0v) is 13.0. The average Bonchev–Trinajstić information content (AvgIpc) is 2.72. The van der Waals surface area contributed by atoms with Gasteiger partial charge in [-0.2, -0.15) is 0 Å². The average molecular weight is 407 g/mol. The van der Waals surface area contributed by atoms with E-state index < -0.39 is 0 Å². The van der Waals surface area contributed by atoms with Crippen molar-refractivity contribution in [3.63, 3.8) is 0 Å². The summed E-state index contributed by atoms with van der Waals surface area (Å²) in [6.07, 6.45) is 0. The highest BCUT2D eigenvalue weighted by Gasteiger charge is 2.11. The Hall–Kier alpha value is -0.850. The second-order valence-corrected chi connectivity index (χ2v) is 5.97. The van der Waals surface area contributed by atoms with Crippen LogP contribution >= 0.6 is 45.8 Å². The maximum absolute atomic E-state index is 13.1. The minimum Gasteiger partial charge on any atom is -0.338 e. The predicted octanol–water partition coefficient (Wildman–Crippen LogP) is 5.28. The summed E-state index contributed by atoms with van der Waals surface area (Å²) in [6, 6.07) is 7.99. The van der Waals surface area contributed by atoms with E-state index in [1.165, 1.54) is 12.1 Å². The van der Waals surface area contributed by atoms with E-state index in [0.29, 0.717) is 15.9 Å². The van der Waals surface area contributed by atoms with E-state index in [0.717, 1.165) is 20.2 Å². The fraction of sp³-hybridized carbons (Fsp3) is 0. The van der Waals surface area contributed by atoms with E-state index in [2.05, 4.69) is 32.6 Å². The third-order valence-corrected chi connectivity index (χ3v) is 4.32. The predicted molar refractivity (Wildman–Crippen MR) is 84.2 cm³/mol. The van der Waals surface area contributed by atoms with E-state index >= 15 is 0 Å². The monoisotopic (exact) mass is 406 g/mol. The summed E-state index contributed by atoms with van der Waals surface area (Å²) in [7, 11) is 0. The molecule has 3 aromatic rings. The van der Waals surface area contributed by atoms with Gasteiger partial charge in [0, 0.05) is 9.13 Å². The SMILES string of the molecule is Fc1ccc(-c2nc3cc(Cl)c(Cl)cc3[nH]2)c(I)c1.